The zero-order chi connectivity index (χ0) is 18.3. The lowest BCUT2D eigenvalue weighted by atomic mass is 10.3. The third-order valence-corrected chi connectivity index (χ3v) is 1.49. The smallest absolute Gasteiger partial charge is 0.308 e. The summed E-state index contributed by atoms with van der Waals surface area (Å²) in [7, 11) is 0. The van der Waals surface area contributed by atoms with Crippen molar-refractivity contribution >= 4 is 11.7 Å². The van der Waals surface area contributed by atoms with Crippen LogP contribution in [0.1, 0.15) is 19.3 Å². The highest BCUT2D eigenvalue weighted by Gasteiger charge is 2.11. The molecule has 84 valence electrons. The van der Waals surface area contributed by atoms with Crippen molar-refractivity contribution in [1.29, 1.82) is 0 Å². The Balaban J connectivity index is 0.00000529. The first-order valence-corrected chi connectivity index (χ1v) is 3.83. The van der Waals surface area contributed by atoms with E-state index >= 15 is 0 Å². The molecule has 0 heterocycles. The van der Waals surface area contributed by atoms with Gasteiger partial charge in [-0.25, -0.2) is 0 Å². The second kappa shape index (κ2) is 5.46. The van der Waals surface area contributed by atoms with E-state index in [1.54, 1.807) is 0 Å². The Morgan fingerprint density at radius 1 is 1.27 bits per heavy atom. The number of carbonyl (C=O) groups excluding carboxylic acids is 1. The van der Waals surface area contributed by atoms with Gasteiger partial charge in [0.1, 0.15) is 11.4 Å². The third-order valence-electron chi connectivity index (χ3n) is 1.49. The monoisotopic (exact) mass is 331 g/mol. The molecule has 0 amide bonds. The van der Waals surface area contributed by atoms with E-state index in [0.717, 1.165) is 31.2 Å². The summed E-state index contributed by atoms with van der Waals surface area (Å²) in [5.74, 6) is -0.582. The Morgan fingerprint density at radius 2 is 1.80 bits per heavy atom. The van der Waals surface area contributed by atoms with E-state index in [-0.39, 0.29) is 29.7 Å². The quantitative estimate of drug-likeness (QED) is 0.224. The van der Waals surface area contributed by atoms with Gasteiger partial charge in [0.15, 0.2) is 0 Å². The Kier molecular flexibility index (Phi) is 1.87. The highest BCUT2D eigenvalue weighted by Crippen LogP contribution is 2.20. The third kappa shape index (κ3) is 4.61. The van der Waals surface area contributed by atoms with Crippen molar-refractivity contribution in [3.05, 3.63) is 24.3 Å². The van der Waals surface area contributed by atoms with Crippen molar-refractivity contribution in [3.63, 3.8) is 0 Å². The predicted molar refractivity (Wildman–Crippen MR) is 57.3 cm³/mol. The number of quaternary nitrogens is 1. The van der Waals surface area contributed by atoms with Gasteiger partial charge in [0.05, 0.1) is 33.3 Å². The van der Waals surface area contributed by atoms with Crippen LogP contribution in [0.5, 0.6) is 5.75 Å². The summed E-state index contributed by atoms with van der Waals surface area (Å²) in [4.78, 5) is 10.9. The van der Waals surface area contributed by atoms with Gasteiger partial charge in [-0.1, -0.05) is 0 Å². The summed E-state index contributed by atoms with van der Waals surface area (Å²) in [6.07, 6.45) is 0. The van der Waals surface area contributed by atoms with E-state index in [1.165, 1.54) is 0 Å². The van der Waals surface area contributed by atoms with Crippen molar-refractivity contribution in [2.24, 2.45) is 0 Å². The lowest BCUT2D eigenvalue weighted by molar-refractivity contribution is -0.131. The molecular weight excluding hydrogens is 306 g/mol. The molecule has 0 spiro atoms. The molecule has 0 aliphatic heterocycles. The van der Waals surface area contributed by atoms with Crippen LogP contribution in [0.25, 0.3) is 0 Å². The van der Waals surface area contributed by atoms with E-state index in [2.05, 4.69) is 0 Å². The second-order valence-electron chi connectivity index (χ2n) is 2.76. The van der Waals surface area contributed by atoms with Crippen molar-refractivity contribution in [2.75, 3.05) is 20.9 Å². The summed E-state index contributed by atoms with van der Waals surface area (Å²) < 4.78 is 70.6. The fourth-order valence-electron chi connectivity index (χ4n) is 0.904. The van der Waals surface area contributed by atoms with Crippen molar-refractivity contribution in [3.8, 4) is 5.75 Å². The minimum Gasteiger partial charge on any atom is -1.00 e. The summed E-state index contributed by atoms with van der Waals surface area (Å²) in [5, 5.41) is 0. The van der Waals surface area contributed by atoms with Gasteiger partial charge in [0.2, 0.25) is 0 Å². The standard InChI is InChI=1S/C11H16NO2.HI/c1-9(13)14-11-7-5-10(6-8-11)12(2,3)4;/h5-8H,1-4H3;1H/q+1;/p-1/i2D3,3D3,4D3,12+1;. The number of ether oxygens (including phenoxy) is 1. The SMILES string of the molecule is [2H]C([2H])([2H])[15N+](c1ccc(OC(C)=O)cc1)(C([2H])([2H])[2H])C([2H])([2H])[2H].[I-]. The maximum atomic E-state index is 10.9. The molecule has 0 aliphatic rings. The van der Waals surface area contributed by atoms with Crippen LogP contribution in [0.2, 0.25) is 0 Å². The molecule has 0 atom stereocenters. The van der Waals surface area contributed by atoms with Crippen LogP contribution in [-0.4, -0.2) is 26.9 Å². The van der Waals surface area contributed by atoms with Gasteiger partial charge in [0.25, 0.3) is 0 Å². The van der Waals surface area contributed by atoms with E-state index in [0.29, 0.717) is 0 Å². The summed E-state index contributed by atoms with van der Waals surface area (Å²) in [6, 6.07) is 4.33. The number of rotatable bonds is 2. The lowest BCUT2D eigenvalue weighted by Crippen LogP contribution is -3.00. The van der Waals surface area contributed by atoms with Crippen LogP contribution in [0.15, 0.2) is 24.3 Å². The molecule has 0 radical (unpaired) electrons. The van der Waals surface area contributed by atoms with Crippen LogP contribution < -0.4 is 33.2 Å². The van der Waals surface area contributed by atoms with Gasteiger partial charge in [-0.15, -0.1) is 0 Å². The van der Waals surface area contributed by atoms with Crippen molar-refractivity contribution in [2.45, 2.75) is 6.92 Å². The number of hydrogen-bond acceptors (Lipinski definition) is 2. The highest BCUT2D eigenvalue weighted by atomic mass is 127. The number of hydrogen-bond donors (Lipinski definition) is 0. The molecule has 15 heavy (non-hydrogen) atoms. The van der Waals surface area contributed by atoms with Gasteiger partial charge >= 0.3 is 5.97 Å². The van der Waals surface area contributed by atoms with Gasteiger partial charge < -0.3 is 28.7 Å². The van der Waals surface area contributed by atoms with E-state index < -0.39 is 37.1 Å². The average Bonchev–Trinajstić information content (AvgIpc) is 2.25. The lowest BCUT2D eigenvalue weighted by Gasteiger charge is -2.23. The van der Waals surface area contributed by atoms with E-state index in [9.17, 15) is 4.79 Å². The molecule has 3 nitrogen and oxygen atoms in total. The molecule has 0 bridgehead atoms. The fourth-order valence-corrected chi connectivity index (χ4v) is 0.904. The number of carbonyl (C=O) groups is 1. The molecule has 4 heteroatoms. The first-order chi connectivity index (χ1) is 10.1. The Bertz CT molecular complexity index is 541. The van der Waals surface area contributed by atoms with Crippen molar-refractivity contribution < 1.29 is 45.8 Å². The minimum atomic E-state index is -3.38. The molecular formula is C11H16INO2. The molecule has 1 aromatic carbocycles. The minimum absolute atomic E-state index is 0. The van der Waals surface area contributed by atoms with Crippen LogP contribution in [0, 0.1) is 0 Å². The predicted octanol–water partition coefficient (Wildman–Crippen LogP) is -1.19. The van der Waals surface area contributed by atoms with E-state index in [4.69, 9.17) is 17.1 Å². The zero-order valence-electron chi connectivity index (χ0n) is 17.0. The normalized spacial score (nSPS) is 21.8. The van der Waals surface area contributed by atoms with Gasteiger partial charge in [-0.05, 0) is 12.1 Å². The summed E-state index contributed by atoms with van der Waals surface area (Å²) in [6.45, 7) is -8.97. The van der Waals surface area contributed by atoms with E-state index in [1.807, 2.05) is 0 Å². The summed E-state index contributed by atoms with van der Waals surface area (Å²) >= 11 is 0. The number of benzene rings is 1. The van der Waals surface area contributed by atoms with Crippen LogP contribution in [0.3, 0.4) is 0 Å². The maximum Gasteiger partial charge on any atom is 0.308 e. The molecule has 0 fully saturated rings. The number of esters is 1. The molecule has 0 saturated heterocycles. The molecule has 0 aliphatic carbocycles. The van der Waals surface area contributed by atoms with Crippen LogP contribution in [-0.2, 0) is 4.79 Å². The molecule has 0 N–H and O–H groups in total. The van der Waals surface area contributed by atoms with Crippen LogP contribution >= 0.6 is 0 Å². The summed E-state index contributed by atoms with van der Waals surface area (Å²) in [5.41, 5.74) is -0.457. The topological polar surface area (TPSA) is 26.3 Å². The number of nitrogens with zero attached hydrogens (tertiary/aromatic N) is 1. The Hall–Kier alpha value is -0.620. The van der Waals surface area contributed by atoms with Gasteiger partial charge in [-0.3, -0.25) is 9.28 Å². The Morgan fingerprint density at radius 3 is 2.20 bits per heavy atom. The highest BCUT2D eigenvalue weighted by molar-refractivity contribution is 5.69. The molecule has 0 unspecified atom stereocenters. The van der Waals surface area contributed by atoms with Gasteiger partial charge in [-0.2, -0.15) is 0 Å². The zero-order valence-corrected chi connectivity index (χ0v) is 10.1. The molecule has 1 aromatic rings. The largest absolute Gasteiger partial charge is 1.00 e. The fraction of sp³-hybridized carbons (Fsp3) is 0.364. The van der Waals surface area contributed by atoms with Crippen molar-refractivity contribution in [1.82, 2.24) is 4.48 Å². The molecule has 0 aromatic heterocycles. The van der Waals surface area contributed by atoms with Gasteiger partial charge in [0, 0.05) is 19.1 Å². The average molecular weight is 331 g/mol. The maximum absolute atomic E-state index is 10.9. The molecule has 1 rings (SSSR count). The molecule has 0 saturated carbocycles. The first kappa shape index (κ1) is 5.14. The van der Waals surface area contributed by atoms with Crippen LogP contribution in [0.4, 0.5) is 5.69 Å². The number of halogens is 1. The Labute approximate surface area is 120 Å². The second-order valence-corrected chi connectivity index (χ2v) is 2.76. The first-order valence-electron chi connectivity index (χ1n) is 8.33.